The highest BCUT2D eigenvalue weighted by molar-refractivity contribution is 5.85. The van der Waals surface area contributed by atoms with E-state index in [4.69, 9.17) is 5.73 Å². The van der Waals surface area contributed by atoms with Crippen LogP contribution in [0.15, 0.2) is 24.3 Å². The van der Waals surface area contributed by atoms with Crippen LogP contribution in [-0.4, -0.2) is 18.5 Å². The van der Waals surface area contributed by atoms with Crippen molar-refractivity contribution in [2.24, 2.45) is 5.73 Å². The smallest absolute Gasteiger partial charge is 0.236 e. The van der Waals surface area contributed by atoms with E-state index in [-0.39, 0.29) is 23.7 Å². The lowest BCUT2D eigenvalue weighted by molar-refractivity contribution is -0.122. The van der Waals surface area contributed by atoms with E-state index in [0.717, 1.165) is 12.8 Å². The van der Waals surface area contributed by atoms with Gasteiger partial charge in [0.2, 0.25) is 5.91 Å². The fraction of sp³-hybridized carbons (Fsp3) is 0.533. The topological polar surface area (TPSA) is 55.1 Å². The van der Waals surface area contributed by atoms with Crippen LogP contribution in [0.25, 0.3) is 0 Å². The monoisotopic (exact) mass is 282 g/mol. The summed E-state index contributed by atoms with van der Waals surface area (Å²) in [4.78, 5) is 11.6. The zero-order valence-electron chi connectivity index (χ0n) is 11.6. The van der Waals surface area contributed by atoms with Crippen LogP contribution in [0, 0.1) is 0 Å². The summed E-state index contributed by atoms with van der Waals surface area (Å²) >= 11 is 0. The van der Waals surface area contributed by atoms with Gasteiger partial charge in [-0.1, -0.05) is 31.2 Å². The van der Waals surface area contributed by atoms with Gasteiger partial charge in [0.05, 0.1) is 6.04 Å². The maximum Gasteiger partial charge on any atom is 0.236 e. The van der Waals surface area contributed by atoms with Crippen molar-refractivity contribution in [2.75, 3.05) is 6.54 Å². The molecular weight excluding hydrogens is 260 g/mol. The maximum atomic E-state index is 11.6. The lowest BCUT2D eigenvalue weighted by atomic mass is 9.71. The molecule has 0 saturated carbocycles. The Morgan fingerprint density at radius 3 is 2.84 bits per heavy atom. The number of aryl methyl sites for hydroxylation is 1. The van der Waals surface area contributed by atoms with E-state index >= 15 is 0 Å². The van der Waals surface area contributed by atoms with E-state index in [1.807, 2.05) is 0 Å². The van der Waals surface area contributed by atoms with Gasteiger partial charge >= 0.3 is 0 Å². The van der Waals surface area contributed by atoms with Gasteiger partial charge in [-0.05, 0) is 37.3 Å². The van der Waals surface area contributed by atoms with E-state index in [1.54, 1.807) is 6.92 Å². The van der Waals surface area contributed by atoms with E-state index in [1.165, 1.54) is 17.5 Å². The van der Waals surface area contributed by atoms with Gasteiger partial charge in [-0.25, -0.2) is 0 Å². The molecule has 106 valence electrons. The van der Waals surface area contributed by atoms with Gasteiger partial charge in [-0.15, -0.1) is 12.4 Å². The third kappa shape index (κ3) is 3.48. The lowest BCUT2D eigenvalue weighted by Crippen LogP contribution is -2.45. The fourth-order valence-electron chi connectivity index (χ4n) is 2.76. The Kier molecular flexibility index (Phi) is 5.39. The number of hydrogen-bond donors (Lipinski definition) is 2. The van der Waals surface area contributed by atoms with Crippen molar-refractivity contribution in [2.45, 2.75) is 44.6 Å². The first kappa shape index (κ1) is 16.0. The second kappa shape index (κ2) is 6.40. The number of rotatable bonds is 3. The molecule has 1 aromatic rings. The number of nitrogens with one attached hydrogen (secondary N) is 1. The molecule has 0 fully saturated rings. The van der Waals surface area contributed by atoms with E-state index < -0.39 is 6.04 Å². The van der Waals surface area contributed by atoms with Crippen LogP contribution in [0.4, 0.5) is 0 Å². The highest BCUT2D eigenvalue weighted by Gasteiger charge is 2.32. The maximum absolute atomic E-state index is 11.6. The Balaban J connectivity index is 0.00000180. The molecule has 3 nitrogen and oxygen atoms in total. The molecule has 1 amide bonds. The molecule has 3 N–H and O–H groups in total. The van der Waals surface area contributed by atoms with Gasteiger partial charge < -0.3 is 11.1 Å². The summed E-state index contributed by atoms with van der Waals surface area (Å²) in [6.45, 7) is 4.61. The molecule has 2 rings (SSSR count). The minimum Gasteiger partial charge on any atom is -0.354 e. The second-order valence-corrected chi connectivity index (χ2v) is 5.58. The predicted molar refractivity (Wildman–Crippen MR) is 80.6 cm³/mol. The molecule has 0 radical (unpaired) electrons. The molecule has 0 aromatic heterocycles. The number of fused-ring (bicyclic) bond motifs is 1. The molecule has 1 aliphatic rings. The first-order chi connectivity index (χ1) is 8.53. The minimum absolute atomic E-state index is 0. The Morgan fingerprint density at radius 2 is 2.16 bits per heavy atom. The number of amides is 1. The average Bonchev–Trinajstić information content (AvgIpc) is 2.36. The van der Waals surface area contributed by atoms with E-state index in [2.05, 4.69) is 36.5 Å². The zero-order valence-corrected chi connectivity index (χ0v) is 12.4. The second-order valence-electron chi connectivity index (χ2n) is 5.58. The van der Waals surface area contributed by atoms with Gasteiger partial charge in [0.1, 0.15) is 0 Å². The summed E-state index contributed by atoms with van der Waals surface area (Å²) in [5.41, 5.74) is 8.41. The van der Waals surface area contributed by atoms with Crippen molar-refractivity contribution in [3.05, 3.63) is 35.4 Å². The van der Waals surface area contributed by atoms with Crippen LogP contribution in [-0.2, 0) is 16.6 Å². The van der Waals surface area contributed by atoms with Crippen molar-refractivity contribution in [3.8, 4) is 0 Å². The van der Waals surface area contributed by atoms with Crippen LogP contribution in [0.5, 0.6) is 0 Å². The number of carbonyl (C=O) groups excluding carboxylic acids is 1. The first-order valence-electron chi connectivity index (χ1n) is 6.65. The molecule has 0 bridgehead atoms. The van der Waals surface area contributed by atoms with Gasteiger partial charge in [-0.3, -0.25) is 4.79 Å². The average molecular weight is 283 g/mol. The van der Waals surface area contributed by atoms with Crippen LogP contribution in [0.3, 0.4) is 0 Å². The Morgan fingerprint density at radius 1 is 1.47 bits per heavy atom. The molecule has 0 spiro atoms. The summed E-state index contributed by atoms with van der Waals surface area (Å²) < 4.78 is 0. The van der Waals surface area contributed by atoms with Crippen LogP contribution < -0.4 is 11.1 Å². The van der Waals surface area contributed by atoms with Crippen LogP contribution in [0.1, 0.15) is 37.8 Å². The Bertz CT molecular complexity index is 448. The molecular formula is C15H23ClN2O. The molecule has 0 aliphatic heterocycles. The van der Waals surface area contributed by atoms with Crippen molar-refractivity contribution in [1.29, 1.82) is 0 Å². The third-order valence-electron chi connectivity index (χ3n) is 3.91. The van der Waals surface area contributed by atoms with Gasteiger partial charge in [0.15, 0.2) is 0 Å². The number of carbonyl (C=O) groups is 1. The summed E-state index contributed by atoms with van der Waals surface area (Å²) in [5, 5.41) is 2.97. The summed E-state index contributed by atoms with van der Waals surface area (Å²) in [6.07, 6.45) is 3.44. The third-order valence-corrected chi connectivity index (χ3v) is 3.91. The van der Waals surface area contributed by atoms with Crippen LogP contribution >= 0.6 is 12.4 Å². The molecule has 1 aliphatic carbocycles. The number of halogens is 1. The Hall–Kier alpha value is -1.06. The normalized spacial score (nSPS) is 22.9. The molecule has 0 saturated heterocycles. The van der Waals surface area contributed by atoms with Gasteiger partial charge in [-0.2, -0.15) is 0 Å². The SMILES string of the molecule is CC(N)C(=O)NCC1(C)CCCc2ccccc21.Cl. The number of nitrogens with two attached hydrogens (primary N) is 1. The Labute approximate surface area is 121 Å². The largest absolute Gasteiger partial charge is 0.354 e. The fourth-order valence-corrected chi connectivity index (χ4v) is 2.76. The van der Waals surface area contributed by atoms with Crippen molar-refractivity contribution in [3.63, 3.8) is 0 Å². The van der Waals surface area contributed by atoms with Crippen molar-refractivity contribution in [1.82, 2.24) is 5.32 Å². The highest BCUT2D eigenvalue weighted by Crippen LogP contribution is 2.36. The highest BCUT2D eigenvalue weighted by atomic mass is 35.5. The first-order valence-corrected chi connectivity index (χ1v) is 6.65. The van der Waals surface area contributed by atoms with E-state index in [0.29, 0.717) is 6.54 Å². The predicted octanol–water partition coefficient (Wildman–Crippen LogP) is 2.17. The standard InChI is InChI=1S/C15H22N2O.ClH/c1-11(16)14(18)17-10-15(2)9-5-7-12-6-3-4-8-13(12)15;/h3-4,6,8,11H,5,7,9-10,16H2,1-2H3,(H,17,18);1H. The van der Waals surface area contributed by atoms with Gasteiger partial charge in [0, 0.05) is 12.0 Å². The minimum atomic E-state index is -0.438. The number of hydrogen-bond acceptors (Lipinski definition) is 2. The van der Waals surface area contributed by atoms with Gasteiger partial charge in [0.25, 0.3) is 0 Å². The molecule has 2 atom stereocenters. The summed E-state index contributed by atoms with van der Waals surface area (Å²) in [7, 11) is 0. The molecule has 19 heavy (non-hydrogen) atoms. The molecule has 1 aromatic carbocycles. The molecule has 4 heteroatoms. The van der Waals surface area contributed by atoms with E-state index in [9.17, 15) is 4.79 Å². The summed E-state index contributed by atoms with van der Waals surface area (Å²) in [5.74, 6) is -0.0701. The lowest BCUT2D eigenvalue weighted by Gasteiger charge is -2.36. The molecule has 2 unspecified atom stereocenters. The van der Waals surface area contributed by atoms with Crippen molar-refractivity contribution < 1.29 is 4.79 Å². The van der Waals surface area contributed by atoms with Crippen LogP contribution in [0.2, 0.25) is 0 Å². The zero-order chi connectivity index (χ0) is 13.2. The molecule has 0 heterocycles. The quantitative estimate of drug-likeness (QED) is 0.893. The van der Waals surface area contributed by atoms with Crippen molar-refractivity contribution >= 4 is 18.3 Å². The summed E-state index contributed by atoms with van der Waals surface area (Å²) in [6, 6.07) is 8.11. The number of benzene rings is 1.